The molecule has 0 aliphatic rings. The average Bonchev–Trinajstić information content (AvgIpc) is 2.83. The molecule has 0 fully saturated rings. The van der Waals surface area contributed by atoms with Crippen LogP contribution in [-0.4, -0.2) is 54.5 Å². The molecule has 11 nitrogen and oxygen atoms in total. The summed E-state index contributed by atoms with van der Waals surface area (Å²) in [6.07, 6.45) is 4.98. The molecule has 0 unspecified atom stereocenters. The molecule has 0 aliphatic heterocycles. The lowest BCUT2D eigenvalue weighted by atomic mass is 10.1. The normalized spacial score (nSPS) is 11.0. The lowest BCUT2D eigenvalue weighted by Crippen LogP contribution is -2.31. The number of hydrogen-bond donors (Lipinski definition) is 2. The summed E-state index contributed by atoms with van der Waals surface area (Å²) in [7, 11) is 0. The number of carbonyl (C=O) groups is 2. The Morgan fingerprint density at radius 2 is 1.56 bits per heavy atom. The van der Waals surface area contributed by atoms with Gasteiger partial charge in [0.05, 0.1) is 6.54 Å². The second-order valence-corrected chi connectivity index (χ2v) is 8.30. The fraction of sp³-hybridized carbons (Fsp3) is 0.348. The van der Waals surface area contributed by atoms with E-state index in [1.165, 1.54) is 0 Å². The highest BCUT2D eigenvalue weighted by molar-refractivity contribution is 5.94. The first kappa shape index (κ1) is 24.6. The molecule has 1 aromatic carbocycles. The minimum Gasteiger partial charge on any atom is -0.444 e. The summed E-state index contributed by atoms with van der Waals surface area (Å²) in [6, 6.07) is 8.57. The van der Waals surface area contributed by atoms with Gasteiger partial charge in [-0.2, -0.15) is 0 Å². The number of benzene rings is 1. The van der Waals surface area contributed by atoms with Gasteiger partial charge in [0, 0.05) is 30.1 Å². The summed E-state index contributed by atoms with van der Waals surface area (Å²) in [5, 5.41) is 21.7. The molecule has 34 heavy (non-hydrogen) atoms. The smallest absolute Gasteiger partial charge is 0.407 e. The van der Waals surface area contributed by atoms with E-state index >= 15 is 0 Å². The van der Waals surface area contributed by atoms with Crippen LogP contribution < -0.4 is 10.6 Å². The van der Waals surface area contributed by atoms with Gasteiger partial charge >= 0.3 is 6.09 Å². The molecular weight excluding hydrogens is 436 g/mol. The average molecular weight is 464 g/mol. The molecule has 177 valence electrons. The predicted molar refractivity (Wildman–Crippen MR) is 124 cm³/mol. The van der Waals surface area contributed by atoms with Gasteiger partial charge in [-0.15, -0.1) is 20.4 Å². The molecule has 0 atom stereocenters. The lowest BCUT2D eigenvalue weighted by Gasteiger charge is -2.19. The Kier molecular flexibility index (Phi) is 8.49. The van der Waals surface area contributed by atoms with Crippen molar-refractivity contribution in [2.75, 3.05) is 6.54 Å². The molecule has 11 heteroatoms. The fourth-order valence-corrected chi connectivity index (χ4v) is 2.76. The molecular formula is C23H27N8O3. The third-order valence-corrected chi connectivity index (χ3v) is 4.33. The van der Waals surface area contributed by atoms with Crippen molar-refractivity contribution in [3.05, 3.63) is 54.8 Å². The van der Waals surface area contributed by atoms with Gasteiger partial charge in [0.25, 0.3) is 5.91 Å². The maximum atomic E-state index is 12.3. The summed E-state index contributed by atoms with van der Waals surface area (Å²) in [6.45, 7) is 7.62. The van der Waals surface area contributed by atoms with Crippen molar-refractivity contribution in [1.29, 1.82) is 0 Å². The van der Waals surface area contributed by atoms with Crippen molar-refractivity contribution in [3.8, 4) is 23.0 Å². The molecule has 3 rings (SSSR count). The number of carbonyl (C=O) groups excluding carboxylic acids is 2. The Hall–Kier alpha value is -4.02. The predicted octanol–water partition coefficient (Wildman–Crippen LogP) is 2.98. The summed E-state index contributed by atoms with van der Waals surface area (Å²) < 4.78 is 5.15. The Bertz CT molecular complexity index is 1070. The highest BCUT2D eigenvalue weighted by Gasteiger charge is 2.15. The van der Waals surface area contributed by atoms with Crippen LogP contribution in [0.4, 0.5) is 4.79 Å². The molecule has 0 bridgehead atoms. The standard InChI is InChI=1S/C23H27N8O3/c1-23(2,3)34-22(33)27-13-6-4-5-12-26-21(32)17-10-8-16(9-11-17)18-28-30-20(31-29-18)19-24-14-7-15-25-19/h7-11,13-15H,4-6,12H2,1-3H3,(H,26,32)(H,27,33). The van der Waals surface area contributed by atoms with E-state index in [0.717, 1.165) is 12.8 Å². The molecule has 1 radical (unpaired) electrons. The minimum absolute atomic E-state index is 0.170. The molecule has 2 heterocycles. The number of nitrogens with one attached hydrogen (secondary N) is 2. The largest absolute Gasteiger partial charge is 0.444 e. The number of hydrogen-bond acceptors (Lipinski definition) is 9. The van der Waals surface area contributed by atoms with Crippen LogP contribution in [-0.2, 0) is 4.74 Å². The van der Waals surface area contributed by atoms with Crippen molar-refractivity contribution >= 4 is 12.0 Å². The van der Waals surface area contributed by atoms with Gasteiger partial charge in [0.1, 0.15) is 5.60 Å². The molecule has 3 aromatic rings. The number of nitrogens with zero attached hydrogens (tertiary/aromatic N) is 6. The zero-order valence-corrected chi connectivity index (χ0v) is 19.4. The van der Waals surface area contributed by atoms with Crippen molar-refractivity contribution in [3.63, 3.8) is 0 Å². The van der Waals surface area contributed by atoms with E-state index < -0.39 is 11.7 Å². The maximum Gasteiger partial charge on any atom is 0.407 e. The van der Waals surface area contributed by atoms with Gasteiger partial charge in [0.2, 0.25) is 17.5 Å². The molecule has 0 saturated carbocycles. The third kappa shape index (κ3) is 7.84. The Labute approximate surface area is 197 Å². The van der Waals surface area contributed by atoms with E-state index in [2.05, 4.69) is 41.0 Å². The van der Waals surface area contributed by atoms with Gasteiger partial charge in [-0.25, -0.2) is 14.8 Å². The van der Waals surface area contributed by atoms with Crippen LogP contribution in [0.2, 0.25) is 0 Å². The third-order valence-electron chi connectivity index (χ3n) is 4.33. The summed E-state index contributed by atoms with van der Waals surface area (Å²) in [5.41, 5.74) is 0.686. The van der Waals surface area contributed by atoms with Crippen molar-refractivity contribution < 1.29 is 14.3 Å². The van der Waals surface area contributed by atoms with E-state index in [1.54, 1.807) is 49.3 Å². The first-order valence-corrected chi connectivity index (χ1v) is 10.9. The van der Waals surface area contributed by atoms with E-state index in [0.29, 0.717) is 35.7 Å². The lowest BCUT2D eigenvalue weighted by molar-refractivity contribution is 0.0541. The maximum absolute atomic E-state index is 12.3. The first-order chi connectivity index (χ1) is 16.3. The van der Waals surface area contributed by atoms with Crippen LogP contribution in [0.25, 0.3) is 23.0 Å². The Morgan fingerprint density at radius 1 is 0.912 bits per heavy atom. The Balaban J connectivity index is 1.38. The number of alkyl carbamates (subject to hydrolysis) is 1. The second kappa shape index (κ2) is 11.7. The van der Waals surface area contributed by atoms with Crippen molar-refractivity contribution in [2.24, 2.45) is 0 Å². The highest BCUT2D eigenvalue weighted by Crippen LogP contribution is 2.15. The number of ether oxygens (including phenoxy) is 1. The quantitative estimate of drug-likeness (QED) is 0.457. The molecule has 0 saturated heterocycles. The molecule has 0 spiro atoms. The summed E-state index contributed by atoms with van der Waals surface area (Å²) >= 11 is 0. The van der Waals surface area contributed by atoms with Crippen LogP contribution in [0.15, 0.2) is 42.7 Å². The van der Waals surface area contributed by atoms with E-state index in [-0.39, 0.29) is 11.7 Å². The van der Waals surface area contributed by atoms with Gasteiger partial charge in [-0.05, 0) is 58.2 Å². The highest BCUT2D eigenvalue weighted by atomic mass is 16.6. The minimum atomic E-state index is -0.524. The van der Waals surface area contributed by atoms with E-state index in [4.69, 9.17) is 4.74 Å². The zero-order chi connectivity index (χ0) is 24.4. The summed E-state index contributed by atoms with van der Waals surface area (Å²) in [4.78, 5) is 32.0. The van der Waals surface area contributed by atoms with Crippen LogP contribution in [0.3, 0.4) is 0 Å². The van der Waals surface area contributed by atoms with Crippen LogP contribution >= 0.6 is 0 Å². The fourth-order valence-electron chi connectivity index (χ4n) is 2.76. The van der Waals surface area contributed by atoms with Crippen LogP contribution in [0, 0.1) is 6.54 Å². The molecule has 0 aliphatic carbocycles. The molecule has 2 aromatic heterocycles. The van der Waals surface area contributed by atoms with Gasteiger partial charge < -0.3 is 15.4 Å². The van der Waals surface area contributed by atoms with Gasteiger partial charge in [-0.3, -0.25) is 4.79 Å². The number of amides is 2. The first-order valence-electron chi connectivity index (χ1n) is 10.9. The number of unbranched alkanes of at least 4 members (excludes halogenated alkanes) is 2. The van der Waals surface area contributed by atoms with Gasteiger partial charge in [-0.1, -0.05) is 12.1 Å². The molecule has 2 N–H and O–H groups in total. The van der Waals surface area contributed by atoms with E-state index in [1.807, 2.05) is 20.8 Å². The molecule has 2 amide bonds. The van der Waals surface area contributed by atoms with Crippen molar-refractivity contribution in [2.45, 2.75) is 45.6 Å². The number of rotatable bonds is 9. The van der Waals surface area contributed by atoms with Gasteiger partial charge in [0.15, 0.2) is 0 Å². The topological polar surface area (TPSA) is 145 Å². The monoisotopic (exact) mass is 463 g/mol. The number of aromatic nitrogens is 6. The summed E-state index contributed by atoms with van der Waals surface area (Å²) in [5.74, 6) is 0.746. The Morgan fingerprint density at radius 3 is 2.21 bits per heavy atom. The van der Waals surface area contributed by atoms with Crippen molar-refractivity contribution in [1.82, 2.24) is 41.0 Å². The van der Waals surface area contributed by atoms with Crippen LogP contribution in [0.1, 0.15) is 50.4 Å². The SMILES string of the molecule is CC(C)(C)OC(=O)N[CH]CCCCNC(=O)c1ccc(-c2nnc(-c3ncccn3)nn2)cc1. The van der Waals surface area contributed by atoms with E-state index in [9.17, 15) is 9.59 Å². The second-order valence-electron chi connectivity index (χ2n) is 8.30. The zero-order valence-electron chi connectivity index (χ0n) is 19.4. The van der Waals surface area contributed by atoms with Crippen LogP contribution in [0.5, 0.6) is 0 Å².